The first kappa shape index (κ1) is 17.7. The lowest BCUT2D eigenvalue weighted by Crippen LogP contribution is -2.16. The lowest BCUT2D eigenvalue weighted by molar-refractivity contribution is 0.184. The maximum atomic E-state index is 12.8. The molecule has 0 amide bonds. The summed E-state index contributed by atoms with van der Waals surface area (Å²) in [5.41, 5.74) is 4.51. The van der Waals surface area contributed by atoms with Crippen molar-refractivity contribution in [1.82, 2.24) is 9.55 Å². The summed E-state index contributed by atoms with van der Waals surface area (Å²) < 4.78 is 32.5. The van der Waals surface area contributed by atoms with Crippen LogP contribution in [0.4, 0.5) is 0 Å². The van der Waals surface area contributed by atoms with E-state index in [-0.39, 0.29) is 10.9 Å². The molecular formula is C17H24N2O3S. The molecule has 0 radical (unpaired) electrons. The molecule has 0 N–H and O–H groups in total. The van der Waals surface area contributed by atoms with Crippen molar-refractivity contribution in [3.05, 3.63) is 46.3 Å². The van der Waals surface area contributed by atoms with Crippen LogP contribution in [-0.4, -0.2) is 31.7 Å². The summed E-state index contributed by atoms with van der Waals surface area (Å²) in [6.45, 7) is 8.57. The third-order valence-corrected chi connectivity index (χ3v) is 5.44. The number of imidazole rings is 1. The minimum atomic E-state index is -3.51. The molecule has 1 aromatic carbocycles. The van der Waals surface area contributed by atoms with Crippen molar-refractivity contribution < 1.29 is 13.2 Å². The standard InChI is InChI=1S/C17H24N2O3S/c1-12-8-13(2)10-16(9-12)11-23(20,21)17-18-14(3)15(4)19(17)6-7-22-5/h8-10H,6-7,11H2,1-5H3. The molecule has 0 spiro atoms. The number of nitrogens with zero attached hydrogens (tertiary/aromatic N) is 2. The van der Waals surface area contributed by atoms with Crippen LogP contribution in [0, 0.1) is 27.7 Å². The largest absolute Gasteiger partial charge is 0.383 e. The maximum absolute atomic E-state index is 12.8. The van der Waals surface area contributed by atoms with E-state index in [4.69, 9.17) is 4.74 Å². The molecule has 23 heavy (non-hydrogen) atoms. The van der Waals surface area contributed by atoms with E-state index in [1.165, 1.54) is 0 Å². The summed E-state index contributed by atoms with van der Waals surface area (Å²) in [6.07, 6.45) is 0. The van der Waals surface area contributed by atoms with Gasteiger partial charge in [-0.2, -0.15) is 0 Å². The smallest absolute Gasteiger partial charge is 0.228 e. The second kappa shape index (κ2) is 6.84. The van der Waals surface area contributed by atoms with Crippen LogP contribution >= 0.6 is 0 Å². The topological polar surface area (TPSA) is 61.2 Å². The molecule has 1 heterocycles. The summed E-state index contributed by atoms with van der Waals surface area (Å²) in [5.74, 6) is -0.0433. The third-order valence-electron chi connectivity index (χ3n) is 3.86. The molecule has 2 rings (SSSR count). The van der Waals surface area contributed by atoms with Gasteiger partial charge in [-0.25, -0.2) is 13.4 Å². The van der Waals surface area contributed by atoms with Crippen LogP contribution < -0.4 is 0 Å². The lowest BCUT2D eigenvalue weighted by Gasteiger charge is -2.11. The number of aromatic nitrogens is 2. The molecule has 0 aliphatic rings. The Labute approximate surface area is 138 Å². The molecule has 0 bridgehead atoms. The highest BCUT2D eigenvalue weighted by Gasteiger charge is 2.24. The number of hydrogen-bond donors (Lipinski definition) is 0. The first-order valence-corrected chi connectivity index (χ1v) is 9.22. The average molecular weight is 336 g/mol. The Hall–Kier alpha value is -1.66. The zero-order valence-corrected chi connectivity index (χ0v) is 15.2. The normalized spacial score (nSPS) is 11.9. The lowest BCUT2D eigenvalue weighted by atomic mass is 10.1. The molecule has 0 aliphatic carbocycles. The maximum Gasteiger partial charge on any atom is 0.228 e. The van der Waals surface area contributed by atoms with E-state index >= 15 is 0 Å². The van der Waals surface area contributed by atoms with Crippen molar-refractivity contribution in [1.29, 1.82) is 0 Å². The minimum absolute atomic E-state index is 0.0433. The monoisotopic (exact) mass is 336 g/mol. The molecule has 0 saturated carbocycles. The van der Waals surface area contributed by atoms with Gasteiger partial charge in [0.05, 0.1) is 18.1 Å². The van der Waals surface area contributed by atoms with Crippen LogP contribution in [0.2, 0.25) is 0 Å². The number of methoxy groups -OCH3 is 1. The first-order valence-electron chi connectivity index (χ1n) is 7.57. The van der Waals surface area contributed by atoms with Crippen LogP contribution in [0.3, 0.4) is 0 Å². The van der Waals surface area contributed by atoms with Crippen molar-refractivity contribution >= 4 is 9.84 Å². The second-order valence-electron chi connectivity index (χ2n) is 5.96. The Balaban J connectivity index is 2.41. The van der Waals surface area contributed by atoms with Crippen LogP contribution in [-0.2, 0) is 26.9 Å². The van der Waals surface area contributed by atoms with Crippen molar-refractivity contribution in [2.75, 3.05) is 13.7 Å². The van der Waals surface area contributed by atoms with Gasteiger partial charge in [0.2, 0.25) is 15.0 Å². The predicted octanol–water partition coefficient (Wildman–Crippen LogP) is 2.74. The van der Waals surface area contributed by atoms with Gasteiger partial charge in [0.1, 0.15) is 0 Å². The van der Waals surface area contributed by atoms with Gasteiger partial charge in [-0.3, -0.25) is 0 Å². The van der Waals surface area contributed by atoms with Gasteiger partial charge in [-0.05, 0) is 33.3 Å². The van der Waals surface area contributed by atoms with Crippen LogP contribution in [0.1, 0.15) is 28.1 Å². The number of aryl methyl sites for hydroxylation is 3. The fourth-order valence-corrected chi connectivity index (χ4v) is 4.32. The zero-order chi connectivity index (χ0) is 17.2. The zero-order valence-electron chi connectivity index (χ0n) is 14.4. The number of benzene rings is 1. The van der Waals surface area contributed by atoms with Gasteiger partial charge in [0.25, 0.3) is 0 Å². The van der Waals surface area contributed by atoms with Crippen LogP contribution in [0.5, 0.6) is 0 Å². The Morgan fingerprint density at radius 1 is 1.09 bits per heavy atom. The SMILES string of the molecule is COCCn1c(S(=O)(=O)Cc2cc(C)cc(C)c2)nc(C)c1C. The van der Waals surface area contributed by atoms with E-state index < -0.39 is 9.84 Å². The molecule has 126 valence electrons. The molecule has 2 aromatic rings. The Morgan fingerprint density at radius 3 is 2.26 bits per heavy atom. The molecule has 6 heteroatoms. The minimum Gasteiger partial charge on any atom is -0.383 e. The van der Waals surface area contributed by atoms with Gasteiger partial charge in [-0.1, -0.05) is 29.3 Å². The van der Waals surface area contributed by atoms with Crippen molar-refractivity contribution in [2.24, 2.45) is 0 Å². The Kier molecular flexibility index (Phi) is 5.26. The van der Waals surface area contributed by atoms with E-state index in [0.29, 0.717) is 13.2 Å². The highest BCUT2D eigenvalue weighted by Crippen LogP contribution is 2.21. The van der Waals surface area contributed by atoms with Gasteiger partial charge in [-0.15, -0.1) is 0 Å². The van der Waals surface area contributed by atoms with E-state index in [1.807, 2.05) is 45.9 Å². The fourth-order valence-electron chi connectivity index (χ4n) is 2.74. The molecule has 0 aliphatic heterocycles. The number of sulfone groups is 1. The number of ether oxygens (including phenoxy) is 1. The van der Waals surface area contributed by atoms with E-state index in [2.05, 4.69) is 4.98 Å². The third kappa shape index (κ3) is 4.00. The van der Waals surface area contributed by atoms with Crippen LogP contribution in [0.15, 0.2) is 23.4 Å². The molecule has 0 saturated heterocycles. The highest BCUT2D eigenvalue weighted by molar-refractivity contribution is 7.90. The van der Waals surface area contributed by atoms with E-state index in [0.717, 1.165) is 28.1 Å². The molecule has 1 aromatic heterocycles. The molecule has 5 nitrogen and oxygen atoms in total. The van der Waals surface area contributed by atoms with Crippen molar-refractivity contribution in [3.8, 4) is 0 Å². The second-order valence-corrected chi connectivity index (χ2v) is 7.85. The van der Waals surface area contributed by atoms with Crippen molar-refractivity contribution in [2.45, 2.75) is 45.1 Å². The summed E-state index contributed by atoms with van der Waals surface area (Å²) in [6, 6.07) is 5.85. The van der Waals surface area contributed by atoms with Gasteiger partial charge < -0.3 is 9.30 Å². The average Bonchev–Trinajstić information content (AvgIpc) is 2.71. The van der Waals surface area contributed by atoms with Gasteiger partial charge in [0.15, 0.2) is 0 Å². The number of rotatable bonds is 6. The first-order chi connectivity index (χ1) is 10.7. The van der Waals surface area contributed by atoms with Gasteiger partial charge >= 0.3 is 0 Å². The van der Waals surface area contributed by atoms with Crippen LogP contribution in [0.25, 0.3) is 0 Å². The molecule has 0 unspecified atom stereocenters. The van der Waals surface area contributed by atoms with E-state index in [1.54, 1.807) is 11.7 Å². The molecule has 0 atom stereocenters. The summed E-state index contributed by atoms with van der Waals surface area (Å²) in [4.78, 5) is 4.30. The van der Waals surface area contributed by atoms with Gasteiger partial charge in [0, 0.05) is 19.3 Å². The van der Waals surface area contributed by atoms with E-state index in [9.17, 15) is 8.42 Å². The fraction of sp³-hybridized carbons (Fsp3) is 0.471. The quantitative estimate of drug-likeness (QED) is 0.814. The Bertz CT molecular complexity index is 787. The highest BCUT2D eigenvalue weighted by atomic mass is 32.2. The summed E-state index contributed by atoms with van der Waals surface area (Å²) >= 11 is 0. The number of hydrogen-bond acceptors (Lipinski definition) is 4. The summed E-state index contributed by atoms with van der Waals surface area (Å²) in [7, 11) is -1.91. The summed E-state index contributed by atoms with van der Waals surface area (Å²) in [5, 5.41) is 0.128. The Morgan fingerprint density at radius 2 is 1.70 bits per heavy atom. The molecule has 0 fully saturated rings. The molecular weight excluding hydrogens is 312 g/mol. The predicted molar refractivity (Wildman–Crippen MR) is 90.4 cm³/mol. The van der Waals surface area contributed by atoms with Crippen molar-refractivity contribution in [3.63, 3.8) is 0 Å².